The molecule has 1 unspecified atom stereocenters. The monoisotopic (exact) mass is 377 g/mol. The molecule has 8 heteroatoms. The third-order valence-corrected chi connectivity index (χ3v) is 6.88. The van der Waals surface area contributed by atoms with Gasteiger partial charge in [-0.05, 0) is 38.8 Å². The molecule has 1 aliphatic heterocycles. The quantitative estimate of drug-likeness (QED) is 0.817. The van der Waals surface area contributed by atoms with Crippen LogP contribution in [0, 0.1) is 19.8 Å². The molecule has 7 nitrogen and oxygen atoms in total. The zero-order valence-electron chi connectivity index (χ0n) is 15.2. The fourth-order valence-electron chi connectivity index (χ4n) is 3.39. The van der Waals surface area contributed by atoms with Gasteiger partial charge in [-0.3, -0.25) is 4.79 Å². The number of piperidine rings is 1. The number of benzene rings is 1. The first-order valence-electron chi connectivity index (χ1n) is 8.58. The molecule has 1 saturated heterocycles. The summed E-state index contributed by atoms with van der Waals surface area (Å²) < 4.78 is 32.4. The molecule has 1 aliphatic rings. The van der Waals surface area contributed by atoms with Gasteiger partial charge in [0.15, 0.2) is 5.76 Å². The van der Waals surface area contributed by atoms with Gasteiger partial charge in [-0.1, -0.05) is 23.4 Å². The van der Waals surface area contributed by atoms with Crippen molar-refractivity contribution >= 4 is 21.6 Å². The van der Waals surface area contributed by atoms with Gasteiger partial charge in [-0.2, -0.15) is 4.31 Å². The van der Waals surface area contributed by atoms with Crippen LogP contribution in [0.15, 0.2) is 39.8 Å². The van der Waals surface area contributed by atoms with Crippen LogP contribution in [0.25, 0.3) is 0 Å². The smallest absolute Gasteiger partial charge is 0.248 e. The Morgan fingerprint density at radius 3 is 2.58 bits per heavy atom. The van der Waals surface area contributed by atoms with E-state index in [1.54, 1.807) is 25.8 Å². The van der Waals surface area contributed by atoms with E-state index in [1.807, 2.05) is 30.3 Å². The highest BCUT2D eigenvalue weighted by Gasteiger charge is 2.37. The zero-order chi connectivity index (χ0) is 18.9. The van der Waals surface area contributed by atoms with E-state index in [2.05, 4.69) is 5.16 Å². The summed E-state index contributed by atoms with van der Waals surface area (Å²) in [5, 5.41) is 3.74. The van der Waals surface area contributed by atoms with Crippen molar-refractivity contribution in [2.75, 3.05) is 25.0 Å². The van der Waals surface area contributed by atoms with Crippen LogP contribution in [-0.4, -0.2) is 43.9 Å². The van der Waals surface area contributed by atoms with Gasteiger partial charge in [-0.15, -0.1) is 0 Å². The van der Waals surface area contributed by atoms with Crippen molar-refractivity contribution in [3.05, 3.63) is 41.8 Å². The first-order chi connectivity index (χ1) is 12.3. The van der Waals surface area contributed by atoms with E-state index >= 15 is 0 Å². The predicted octanol–water partition coefficient (Wildman–Crippen LogP) is 2.36. The number of nitrogens with zero attached hydrogens (tertiary/aromatic N) is 3. The van der Waals surface area contributed by atoms with Crippen molar-refractivity contribution in [3.63, 3.8) is 0 Å². The number of carbonyl (C=O) groups is 1. The molecule has 2 heterocycles. The van der Waals surface area contributed by atoms with Gasteiger partial charge >= 0.3 is 0 Å². The van der Waals surface area contributed by atoms with Crippen LogP contribution >= 0.6 is 0 Å². The van der Waals surface area contributed by atoms with Crippen LogP contribution in [0.2, 0.25) is 0 Å². The third-order valence-electron chi connectivity index (χ3n) is 4.77. The Morgan fingerprint density at radius 2 is 1.96 bits per heavy atom. The van der Waals surface area contributed by atoms with Gasteiger partial charge in [0.05, 0.1) is 5.92 Å². The number of sulfonamides is 1. The number of para-hydroxylation sites is 1. The van der Waals surface area contributed by atoms with Gasteiger partial charge in [-0.25, -0.2) is 8.42 Å². The molecule has 0 radical (unpaired) electrons. The molecule has 0 N–H and O–H groups in total. The maximum Gasteiger partial charge on any atom is 0.248 e. The largest absolute Gasteiger partial charge is 0.360 e. The van der Waals surface area contributed by atoms with E-state index in [0.717, 1.165) is 5.69 Å². The molecule has 0 saturated carbocycles. The van der Waals surface area contributed by atoms with Crippen molar-refractivity contribution in [2.45, 2.75) is 31.6 Å². The lowest BCUT2D eigenvalue weighted by Gasteiger charge is -2.33. The third kappa shape index (κ3) is 3.39. The zero-order valence-corrected chi connectivity index (χ0v) is 16.0. The van der Waals surface area contributed by atoms with Gasteiger partial charge in [0.1, 0.15) is 10.6 Å². The van der Waals surface area contributed by atoms with Crippen LogP contribution < -0.4 is 4.90 Å². The standard InChI is InChI=1S/C18H23N3O4S/c1-13-17(14(2)25-19-13)26(23,24)21-11-7-8-15(12-21)18(22)20(3)16-9-5-4-6-10-16/h4-6,9-10,15H,7-8,11-12H2,1-3H3. The molecular formula is C18H23N3O4S. The summed E-state index contributed by atoms with van der Waals surface area (Å²) in [5.41, 5.74) is 1.14. The topological polar surface area (TPSA) is 83.7 Å². The highest BCUT2D eigenvalue weighted by atomic mass is 32.2. The van der Waals surface area contributed by atoms with Crippen LogP contribution in [0.1, 0.15) is 24.3 Å². The summed E-state index contributed by atoms with van der Waals surface area (Å²) in [5.74, 6) is -0.170. The molecule has 1 aromatic carbocycles. The van der Waals surface area contributed by atoms with Crippen molar-refractivity contribution in [1.82, 2.24) is 9.46 Å². The minimum atomic E-state index is -3.73. The molecule has 1 amide bonds. The highest BCUT2D eigenvalue weighted by molar-refractivity contribution is 7.89. The second-order valence-corrected chi connectivity index (χ2v) is 8.46. The Hall–Kier alpha value is -2.19. The summed E-state index contributed by atoms with van der Waals surface area (Å²) in [6.07, 6.45) is 1.31. The normalized spacial score (nSPS) is 18.7. The van der Waals surface area contributed by atoms with E-state index in [-0.39, 0.29) is 29.0 Å². The second kappa shape index (κ2) is 7.20. The van der Waals surface area contributed by atoms with Gasteiger partial charge in [0, 0.05) is 25.8 Å². The maximum atomic E-state index is 13.0. The number of hydrogen-bond acceptors (Lipinski definition) is 5. The highest BCUT2D eigenvalue weighted by Crippen LogP contribution is 2.29. The number of rotatable bonds is 4. The number of anilines is 1. The average molecular weight is 377 g/mol. The first-order valence-corrected chi connectivity index (χ1v) is 10.0. The fraction of sp³-hybridized carbons (Fsp3) is 0.444. The Morgan fingerprint density at radius 1 is 1.27 bits per heavy atom. The second-order valence-electron chi connectivity index (χ2n) is 6.59. The molecule has 1 aromatic heterocycles. The number of amides is 1. The molecule has 2 aromatic rings. The molecule has 0 bridgehead atoms. The van der Waals surface area contributed by atoms with Crippen LogP contribution in [0.3, 0.4) is 0 Å². The van der Waals surface area contributed by atoms with Crippen molar-refractivity contribution in [3.8, 4) is 0 Å². The summed E-state index contributed by atoms with van der Waals surface area (Å²) in [7, 11) is -2.01. The Balaban J connectivity index is 1.80. The average Bonchev–Trinajstić information content (AvgIpc) is 3.00. The number of aryl methyl sites for hydroxylation is 2. The van der Waals surface area contributed by atoms with E-state index in [1.165, 1.54) is 4.31 Å². The molecule has 26 heavy (non-hydrogen) atoms. The fourth-order valence-corrected chi connectivity index (χ4v) is 5.20. The van der Waals surface area contributed by atoms with E-state index in [9.17, 15) is 13.2 Å². The molecule has 3 rings (SSSR count). The number of aromatic nitrogens is 1. The Labute approximate surface area is 153 Å². The number of hydrogen-bond donors (Lipinski definition) is 0. The van der Waals surface area contributed by atoms with Gasteiger partial charge < -0.3 is 9.42 Å². The van der Waals surface area contributed by atoms with Crippen LogP contribution in [0.4, 0.5) is 5.69 Å². The summed E-state index contributed by atoms with van der Waals surface area (Å²) >= 11 is 0. The Bertz CT molecular complexity index is 873. The van der Waals surface area contributed by atoms with Crippen molar-refractivity contribution < 1.29 is 17.7 Å². The lowest BCUT2D eigenvalue weighted by Crippen LogP contribution is -2.46. The number of carbonyl (C=O) groups excluding carboxylic acids is 1. The van der Waals surface area contributed by atoms with Crippen molar-refractivity contribution in [1.29, 1.82) is 0 Å². The minimum absolute atomic E-state index is 0.0742. The molecular weight excluding hydrogens is 354 g/mol. The Kier molecular flexibility index (Phi) is 5.15. The van der Waals surface area contributed by atoms with Gasteiger partial charge in [0.25, 0.3) is 0 Å². The van der Waals surface area contributed by atoms with Gasteiger partial charge in [0.2, 0.25) is 15.9 Å². The molecule has 0 spiro atoms. The first kappa shape index (κ1) is 18.6. The van der Waals surface area contributed by atoms with Crippen LogP contribution in [0.5, 0.6) is 0 Å². The molecule has 0 aliphatic carbocycles. The minimum Gasteiger partial charge on any atom is -0.360 e. The SMILES string of the molecule is Cc1noc(C)c1S(=O)(=O)N1CCCC(C(=O)N(C)c2ccccc2)C1. The molecule has 140 valence electrons. The van der Waals surface area contributed by atoms with Crippen LogP contribution in [-0.2, 0) is 14.8 Å². The maximum absolute atomic E-state index is 13.0. The van der Waals surface area contributed by atoms with Crippen molar-refractivity contribution in [2.24, 2.45) is 5.92 Å². The lowest BCUT2D eigenvalue weighted by atomic mass is 9.98. The van der Waals surface area contributed by atoms with E-state index in [0.29, 0.717) is 25.1 Å². The summed E-state index contributed by atoms with van der Waals surface area (Å²) in [6.45, 7) is 3.76. The molecule has 1 atom stereocenters. The lowest BCUT2D eigenvalue weighted by molar-refractivity contribution is -0.123. The van der Waals surface area contributed by atoms with E-state index in [4.69, 9.17) is 4.52 Å². The van der Waals surface area contributed by atoms with E-state index < -0.39 is 10.0 Å². The summed E-state index contributed by atoms with van der Waals surface area (Å²) in [6, 6.07) is 9.35. The predicted molar refractivity (Wildman–Crippen MR) is 97.3 cm³/mol. The summed E-state index contributed by atoms with van der Waals surface area (Å²) in [4.78, 5) is 14.6. The molecule has 1 fully saturated rings.